The van der Waals surface area contributed by atoms with Crippen LogP contribution in [0.1, 0.15) is 32.6 Å². The number of thioether (sulfide) groups is 1. The van der Waals surface area contributed by atoms with Crippen molar-refractivity contribution in [2.24, 2.45) is 4.99 Å². The van der Waals surface area contributed by atoms with E-state index in [0.717, 1.165) is 19.0 Å². The van der Waals surface area contributed by atoms with Gasteiger partial charge in [-0.15, -0.1) is 11.3 Å². The molecule has 1 aromatic heterocycles. The molecule has 1 rings (SSSR count). The van der Waals surface area contributed by atoms with Crippen molar-refractivity contribution < 1.29 is 0 Å². The third-order valence-corrected chi connectivity index (χ3v) is 5.83. The van der Waals surface area contributed by atoms with Gasteiger partial charge in [0.25, 0.3) is 0 Å². The molecule has 1 heterocycles. The van der Waals surface area contributed by atoms with Crippen LogP contribution in [0, 0.1) is 0 Å². The molecule has 2 N–H and O–H groups in total. The van der Waals surface area contributed by atoms with Gasteiger partial charge in [-0.2, -0.15) is 11.8 Å². The summed E-state index contributed by atoms with van der Waals surface area (Å²) >= 11 is 3.66. The Morgan fingerprint density at radius 2 is 1.90 bits per heavy atom. The molecular weight excluding hydrogens is 286 g/mol. The van der Waals surface area contributed by atoms with E-state index in [0.29, 0.717) is 0 Å². The number of thiophene rings is 1. The largest absolute Gasteiger partial charge is 0.356 e. The number of nitrogens with one attached hydrogen (secondary N) is 2. The molecule has 0 aliphatic heterocycles. The summed E-state index contributed by atoms with van der Waals surface area (Å²) in [6.07, 6.45) is 2.14. The first-order chi connectivity index (χ1) is 9.30. The molecule has 0 saturated carbocycles. The molecule has 0 unspecified atom stereocenters. The van der Waals surface area contributed by atoms with E-state index in [2.05, 4.69) is 67.1 Å². The van der Waals surface area contributed by atoms with E-state index in [1.54, 1.807) is 11.3 Å². The summed E-state index contributed by atoms with van der Waals surface area (Å²) in [5, 5.41) is 8.96. The molecule has 0 spiro atoms. The maximum atomic E-state index is 4.30. The summed E-state index contributed by atoms with van der Waals surface area (Å²) in [6.45, 7) is 10.7. The smallest absolute Gasteiger partial charge is 0.191 e. The number of aliphatic imine (C=N–C) groups is 1. The normalized spacial score (nSPS) is 13.4. The van der Waals surface area contributed by atoms with Crippen LogP contribution >= 0.6 is 23.1 Å². The molecule has 1 aromatic rings. The molecule has 0 fully saturated rings. The van der Waals surface area contributed by atoms with Crippen LogP contribution in [0.5, 0.6) is 0 Å². The van der Waals surface area contributed by atoms with Crippen molar-refractivity contribution in [3.8, 4) is 0 Å². The molecule has 5 heteroatoms. The highest BCUT2D eigenvalue weighted by Crippen LogP contribution is 2.26. The fourth-order valence-corrected chi connectivity index (χ4v) is 2.71. The zero-order chi connectivity index (χ0) is 15.2. The predicted molar refractivity (Wildman–Crippen MR) is 94.3 cm³/mol. The lowest BCUT2D eigenvalue weighted by Gasteiger charge is -2.27. The maximum absolute atomic E-state index is 4.30. The molecule has 114 valence electrons. The van der Waals surface area contributed by atoms with Gasteiger partial charge in [0.15, 0.2) is 5.96 Å². The van der Waals surface area contributed by atoms with Crippen LogP contribution in [-0.4, -0.2) is 37.1 Å². The van der Waals surface area contributed by atoms with Crippen LogP contribution in [-0.2, 0) is 5.41 Å². The lowest BCUT2D eigenvalue weighted by molar-refractivity contribution is 0.517. The van der Waals surface area contributed by atoms with Gasteiger partial charge in [0, 0.05) is 35.2 Å². The molecule has 0 aromatic carbocycles. The summed E-state index contributed by atoms with van der Waals surface area (Å²) in [7, 11) is 1.82. The third-order valence-electron chi connectivity index (χ3n) is 3.34. The molecule has 0 aliphatic rings. The quantitative estimate of drug-likeness (QED) is 0.625. The Bertz CT molecular complexity index is 422. The minimum Gasteiger partial charge on any atom is -0.356 e. The van der Waals surface area contributed by atoms with Crippen molar-refractivity contribution in [1.82, 2.24) is 10.6 Å². The predicted octanol–water partition coefficient (Wildman–Crippen LogP) is 3.33. The Labute approximate surface area is 131 Å². The van der Waals surface area contributed by atoms with Gasteiger partial charge in [-0.3, -0.25) is 4.99 Å². The lowest BCUT2D eigenvalue weighted by atomic mass is 9.91. The van der Waals surface area contributed by atoms with Crippen LogP contribution in [0.4, 0.5) is 0 Å². The zero-order valence-corrected chi connectivity index (χ0v) is 15.0. The summed E-state index contributed by atoms with van der Waals surface area (Å²) < 4.78 is 0.209. The summed E-state index contributed by atoms with van der Waals surface area (Å²) in [6, 6.07) is 4.30. The highest BCUT2D eigenvalue weighted by Gasteiger charge is 2.22. The Kier molecular flexibility index (Phi) is 6.40. The van der Waals surface area contributed by atoms with E-state index >= 15 is 0 Å². The van der Waals surface area contributed by atoms with Gasteiger partial charge in [-0.1, -0.05) is 19.9 Å². The average Bonchev–Trinajstić information content (AvgIpc) is 2.93. The van der Waals surface area contributed by atoms with Gasteiger partial charge in [0.05, 0.1) is 0 Å². The molecule has 20 heavy (non-hydrogen) atoms. The Morgan fingerprint density at radius 1 is 1.25 bits per heavy atom. The zero-order valence-electron chi connectivity index (χ0n) is 13.4. The summed E-state index contributed by atoms with van der Waals surface area (Å²) in [5.74, 6) is 0.872. The first kappa shape index (κ1) is 17.4. The van der Waals surface area contributed by atoms with Crippen LogP contribution in [0.15, 0.2) is 22.5 Å². The van der Waals surface area contributed by atoms with Gasteiger partial charge >= 0.3 is 0 Å². The van der Waals surface area contributed by atoms with Gasteiger partial charge in [0.1, 0.15) is 0 Å². The number of rotatable bonds is 6. The van der Waals surface area contributed by atoms with E-state index < -0.39 is 0 Å². The molecule has 3 nitrogen and oxygen atoms in total. The van der Waals surface area contributed by atoms with Crippen molar-refractivity contribution in [3.05, 3.63) is 22.4 Å². The van der Waals surface area contributed by atoms with Crippen LogP contribution in [0.25, 0.3) is 0 Å². The van der Waals surface area contributed by atoms with Gasteiger partial charge in [0.2, 0.25) is 0 Å². The number of guanidine groups is 1. The van der Waals surface area contributed by atoms with Gasteiger partial charge in [-0.05, 0) is 31.5 Å². The third kappa shape index (κ3) is 5.37. The van der Waals surface area contributed by atoms with Gasteiger partial charge in [-0.25, -0.2) is 0 Å². The first-order valence-corrected chi connectivity index (χ1v) is 8.95. The molecule has 0 radical (unpaired) electrons. The van der Waals surface area contributed by atoms with Crippen molar-refractivity contribution >= 4 is 29.1 Å². The van der Waals surface area contributed by atoms with E-state index in [-0.39, 0.29) is 10.2 Å². The number of nitrogens with zero attached hydrogens (tertiary/aromatic N) is 1. The van der Waals surface area contributed by atoms with Crippen LogP contribution in [0.3, 0.4) is 0 Å². The topological polar surface area (TPSA) is 36.4 Å². The van der Waals surface area contributed by atoms with E-state index in [9.17, 15) is 0 Å². The minimum absolute atomic E-state index is 0.112. The fourth-order valence-electron chi connectivity index (χ4n) is 1.64. The summed E-state index contributed by atoms with van der Waals surface area (Å²) in [5.41, 5.74) is 0.112. The van der Waals surface area contributed by atoms with Gasteiger partial charge < -0.3 is 10.6 Å². The number of hydrogen-bond donors (Lipinski definition) is 2. The Morgan fingerprint density at radius 3 is 2.40 bits per heavy atom. The molecule has 0 atom stereocenters. The molecule has 0 bridgehead atoms. The van der Waals surface area contributed by atoms with Crippen molar-refractivity contribution in [3.63, 3.8) is 0 Å². The monoisotopic (exact) mass is 313 g/mol. The van der Waals surface area contributed by atoms with Crippen molar-refractivity contribution in [2.45, 2.75) is 37.9 Å². The minimum atomic E-state index is 0.112. The molecule has 0 saturated heterocycles. The Balaban J connectivity index is 2.50. The fraction of sp³-hybridized carbons (Fsp3) is 0.667. The highest BCUT2D eigenvalue weighted by atomic mass is 32.2. The van der Waals surface area contributed by atoms with E-state index in [4.69, 9.17) is 0 Å². The van der Waals surface area contributed by atoms with Crippen molar-refractivity contribution in [1.29, 1.82) is 0 Å². The first-order valence-electron chi connectivity index (χ1n) is 6.84. The highest BCUT2D eigenvalue weighted by molar-refractivity contribution is 7.99. The van der Waals surface area contributed by atoms with Crippen molar-refractivity contribution in [2.75, 3.05) is 26.4 Å². The number of hydrogen-bond acceptors (Lipinski definition) is 3. The average molecular weight is 314 g/mol. The lowest BCUT2D eigenvalue weighted by Crippen LogP contribution is -2.46. The SMILES string of the molecule is CN=C(NCC(C)(C)SC)NCC(C)(C)c1cccs1. The van der Waals surface area contributed by atoms with Crippen LogP contribution < -0.4 is 10.6 Å². The molecular formula is C15H27N3S2. The van der Waals surface area contributed by atoms with E-state index in [1.165, 1.54) is 4.88 Å². The Hall–Kier alpha value is -0.680. The maximum Gasteiger partial charge on any atom is 0.191 e. The molecule has 0 amide bonds. The molecule has 0 aliphatic carbocycles. The van der Waals surface area contributed by atoms with Crippen LogP contribution in [0.2, 0.25) is 0 Å². The second kappa shape index (κ2) is 7.36. The van der Waals surface area contributed by atoms with E-state index in [1.807, 2.05) is 18.8 Å². The second-order valence-corrected chi connectivity index (χ2v) is 8.57. The second-order valence-electron chi connectivity index (χ2n) is 6.10. The summed E-state index contributed by atoms with van der Waals surface area (Å²) in [4.78, 5) is 5.69. The standard InChI is InChI=1S/C15H27N3S2/c1-14(2,12-8-7-9-20-12)10-17-13(16-5)18-11-15(3,4)19-6/h7-9H,10-11H2,1-6H3,(H2,16,17,18).